The number of methoxy groups -OCH3 is 1. The van der Waals surface area contributed by atoms with Crippen LogP contribution in [0.2, 0.25) is 0 Å². The minimum atomic E-state index is -0.469. The fraction of sp³-hybridized carbons (Fsp3) is 0.0833. The van der Waals surface area contributed by atoms with E-state index in [0.29, 0.717) is 0 Å². The van der Waals surface area contributed by atoms with Gasteiger partial charge in [0.05, 0.1) is 13.4 Å². The van der Waals surface area contributed by atoms with Gasteiger partial charge in [0.2, 0.25) is 5.76 Å². The van der Waals surface area contributed by atoms with Gasteiger partial charge in [-0.2, -0.15) is 0 Å². The standard InChI is InChI=1S/C12H9BrO3/c1-15-12(14)11-6-9(7-16-11)8-2-4-10(13)5-3-8/h2-7H,1H3. The normalized spacial score (nSPS) is 10.1. The number of benzene rings is 1. The van der Waals surface area contributed by atoms with Crippen LogP contribution in [0.5, 0.6) is 0 Å². The molecule has 16 heavy (non-hydrogen) atoms. The third-order valence-electron chi connectivity index (χ3n) is 2.16. The van der Waals surface area contributed by atoms with Gasteiger partial charge >= 0.3 is 5.97 Å². The summed E-state index contributed by atoms with van der Waals surface area (Å²) in [5, 5.41) is 0. The van der Waals surface area contributed by atoms with Crippen LogP contribution in [0.1, 0.15) is 10.6 Å². The third kappa shape index (κ3) is 2.17. The summed E-state index contributed by atoms with van der Waals surface area (Å²) in [6.07, 6.45) is 1.54. The Morgan fingerprint density at radius 3 is 2.56 bits per heavy atom. The fourth-order valence-electron chi connectivity index (χ4n) is 1.34. The molecule has 0 saturated carbocycles. The van der Waals surface area contributed by atoms with Crippen LogP contribution in [-0.2, 0) is 4.74 Å². The Balaban J connectivity index is 2.31. The number of hydrogen-bond donors (Lipinski definition) is 0. The van der Waals surface area contributed by atoms with Crippen molar-refractivity contribution >= 4 is 21.9 Å². The van der Waals surface area contributed by atoms with E-state index in [9.17, 15) is 4.79 Å². The van der Waals surface area contributed by atoms with Crippen LogP contribution in [-0.4, -0.2) is 13.1 Å². The van der Waals surface area contributed by atoms with Crippen molar-refractivity contribution in [2.45, 2.75) is 0 Å². The molecule has 0 radical (unpaired) electrons. The molecule has 82 valence electrons. The Bertz CT molecular complexity index is 499. The van der Waals surface area contributed by atoms with Gasteiger partial charge in [-0.25, -0.2) is 4.79 Å². The lowest BCUT2D eigenvalue weighted by Crippen LogP contribution is -1.98. The maximum atomic E-state index is 11.2. The van der Waals surface area contributed by atoms with Gasteiger partial charge in [-0.05, 0) is 23.8 Å². The maximum absolute atomic E-state index is 11.2. The summed E-state index contributed by atoms with van der Waals surface area (Å²) in [6.45, 7) is 0. The maximum Gasteiger partial charge on any atom is 0.373 e. The molecule has 0 aliphatic heterocycles. The van der Waals surface area contributed by atoms with Crippen LogP contribution in [0.4, 0.5) is 0 Å². The molecule has 0 saturated heterocycles. The van der Waals surface area contributed by atoms with Crippen LogP contribution in [0.3, 0.4) is 0 Å². The van der Waals surface area contributed by atoms with E-state index in [1.165, 1.54) is 13.4 Å². The smallest absolute Gasteiger partial charge is 0.373 e. The number of esters is 1. The molecule has 1 heterocycles. The molecule has 0 unspecified atom stereocenters. The molecule has 2 rings (SSSR count). The van der Waals surface area contributed by atoms with E-state index in [0.717, 1.165) is 15.6 Å². The van der Waals surface area contributed by atoms with Gasteiger partial charge < -0.3 is 9.15 Å². The fourth-order valence-corrected chi connectivity index (χ4v) is 1.60. The second-order valence-electron chi connectivity index (χ2n) is 3.20. The zero-order valence-electron chi connectivity index (χ0n) is 8.57. The first-order valence-electron chi connectivity index (χ1n) is 4.63. The Kier molecular flexibility index (Phi) is 3.10. The topological polar surface area (TPSA) is 39.4 Å². The molecular weight excluding hydrogens is 272 g/mol. The largest absolute Gasteiger partial charge is 0.463 e. The molecule has 3 nitrogen and oxygen atoms in total. The Hall–Kier alpha value is -1.55. The SMILES string of the molecule is COC(=O)c1cc(-c2ccc(Br)cc2)co1. The second-order valence-corrected chi connectivity index (χ2v) is 4.11. The third-order valence-corrected chi connectivity index (χ3v) is 2.69. The zero-order chi connectivity index (χ0) is 11.5. The van der Waals surface area contributed by atoms with Crippen LogP contribution in [0.25, 0.3) is 11.1 Å². The van der Waals surface area contributed by atoms with Crippen molar-refractivity contribution in [3.8, 4) is 11.1 Å². The van der Waals surface area contributed by atoms with E-state index in [4.69, 9.17) is 4.42 Å². The van der Waals surface area contributed by atoms with Gasteiger partial charge in [-0.1, -0.05) is 28.1 Å². The van der Waals surface area contributed by atoms with E-state index in [1.807, 2.05) is 24.3 Å². The summed E-state index contributed by atoms with van der Waals surface area (Å²) < 4.78 is 10.7. The molecule has 0 fully saturated rings. The van der Waals surface area contributed by atoms with E-state index in [-0.39, 0.29) is 5.76 Å². The minimum absolute atomic E-state index is 0.209. The molecule has 4 heteroatoms. The molecule has 0 aliphatic carbocycles. The molecule has 1 aromatic heterocycles. The summed E-state index contributed by atoms with van der Waals surface area (Å²) in [7, 11) is 1.32. The van der Waals surface area contributed by atoms with Crippen LogP contribution < -0.4 is 0 Å². The van der Waals surface area contributed by atoms with Crippen molar-refractivity contribution < 1.29 is 13.9 Å². The van der Waals surface area contributed by atoms with Gasteiger partial charge in [0.25, 0.3) is 0 Å². The highest BCUT2D eigenvalue weighted by molar-refractivity contribution is 9.10. The number of halogens is 1. The van der Waals surface area contributed by atoms with E-state index in [1.54, 1.807) is 6.07 Å². The molecule has 0 aliphatic rings. The number of carbonyl (C=O) groups excluding carboxylic acids is 1. The average molecular weight is 281 g/mol. The highest BCUT2D eigenvalue weighted by Crippen LogP contribution is 2.24. The summed E-state index contributed by atoms with van der Waals surface area (Å²) in [5.74, 6) is -0.260. The van der Waals surface area contributed by atoms with Crippen LogP contribution in [0, 0.1) is 0 Å². The van der Waals surface area contributed by atoms with Crippen molar-refractivity contribution in [1.82, 2.24) is 0 Å². The van der Waals surface area contributed by atoms with Crippen molar-refractivity contribution in [3.05, 3.63) is 46.8 Å². The number of rotatable bonds is 2. The minimum Gasteiger partial charge on any atom is -0.463 e. The van der Waals surface area contributed by atoms with Crippen molar-refractivity contribution in [3.63, 3.8) is 0 Å². The van der Waals surface area contributed by atoms with Gasteiger partial charge in [-0.3, -0.25) is 0 Å². The lowest BCUT2D eigenvalue weighted by Gasteiger charge is -1.95. The summed E-state index contributed by atoms with van der Waals surface area (Å²) in [6, 6.07) is 9.40. The highest BCUT2D eigenvalue weighted by atomic mass is 79.9. The predicted octanol–water partition coefficient (Wildman–Crippen LogP) is 3.50. The number of hydrogen-bond acceptors (Lipinski definition) is 3. The van der Waals surface area contributed by atoms with E-state index < -0.39 is 5.97 Å². The molecule has 0 amide bonds. The first-order chi connectivity index (χ1) is 7.70. The Morgan fingerprint density at radius 2 is 1.94 bits per heavy atom. The average Bonchev–Trinajstić information content (AvgIpc) is 2.78. The summed E-state index contributed by atoms with van der Waals surface area (Å²) in [5.41, 5.74) is 1.84. The predicted molar refractivity (Wildman–Crippen MR) is 63.2 cm³/mol. The molecule has 0 spiro atoms. The quantitative estimate of drug-likeness (QED) is 0.791. The van der Waals surface area contributed by atoms with E-state index in [2.05, 4.69) is 20.7 Å². The molecule has 1 aromatic carbocycles. The number of ether oxygens (including phenoxy) is 1. The van der Waals surface area contributed by atoms with Crippen molar-refractivity contribution in [2.75, 3.05) is 7.11 Å². The Morgan fingerprint density at radius 1 is 1.25 bits per heavy atom. The molecular formula is C12H9BrO3. The van der Waals surface area contributed by atoms with Gasteiger partial charge in [0, 0.05) is 10.0 Å². The van der Waals surface area contributed by atoms with Gasteiger partial charge in [0.15, 0.2) is 0 Å². The number of furan rings is 1. The molecule has 0 atom stereocenters. The lowest BCUT2D eigenvalue weighted by molar-refractivity contribution is 0.0565. The monoisotopic (exact) mass is 280 g/mol. The molecule has 2 aromatic rings. The zero-order valence-corrected chi connectivity index (χ0v) is 10.2. The second kappa shape index (κ2) is 4.53. The highest BCUT2D eigenvalue weighted by Gasteiger charge is 2.11. The van der Waals surface area contributed by atoms with Gasteiger partial charge in [-0.15, -0.1) is 0 Å². The Labute approximate surface area is 101 Å². The summed E-state index contributed by atoms with van der Waals surface area (Å²) >= 11 is 3.36. The first kappa shape index (κ1) is 11.0. The van der Waals surface area contributed by atoms with Crippen LogP contribution in [0.15, 0.2) is 45.5 Å². The van der Waals surface area contributed by atoms with Gasteiger partial charge in [0.1, 0.15) is 0 Å². The van der Waals surface area contributed by atoms with Crippen molar-refractivity contribution in [1.29, 1.82) is 0 Å². The van der Waals surface area contributed by atoms with Crippen LogP contribution >= 0.6 is 15.9 Å². The summed E-state index contributed by atoms with van der Waals surface area (Å²) in [4.78, 5) is 11.2. The van der Waals surface area contributed by atoms with E-state index >= 15 is 0 Å². The van der Waals surface area contributed by atoms with Crippen molar-refractivity contribution in [2.24, 2.45) is 0 Å². The first-order valence-corrected chi connectivity index (χ1v) is 5.43. The molecule has 0 N–H and O–H groups in total. The lowest BCUT2D eigenvalue weighted by atomic mass is 10.1. The number of carbonyl (C=O) groups is 1. The molecule has 0 bridgehead atoms.